The number of allylic oxidation sites excluding steroid dienone is 3. The summed E-state index contributed by atoms with van der Waals surface area (Å²) >= 11 is 18.3. The van der Waals surface area contributed by atoms with Crippen LogP contribution in [0.4, 0.5) is 0 Å². The Labute approximate surface area is 132 Å². The molecule has 0 saturated carbocycles. The Morgan fingerprint density at radius 3 is 2.35 bits per heavy atom. The number of benzene rings is 1. The summed E-state index contributed by atoms with van der Waals surface area (Å²) in [6, 6.07) is 8.87. The van der Waals surface area contributed by atoms with E-state index in [1.54, 1.807) is 24.3 Å². The van der Waals surface area contributed by atoms with Crippen LogP contribution in [0.15, 0.2) is 46.5 Å². The highest BCUT2D eigenvalue weighted by Gasteiger charge is 2.49. The third-order valence-electron chi connectivity index (χ3n) is 3.02. The average molecular weight is 354 g/mol. The van der Waals surface area contributed by atoms with Crippen molar-refractivity contribution in [1.29, 1.82) is 0 Å². The van der Waals surface area contributed by atoms with Crippen LogP contribution >= 0.6 is 34.8 Å². The van der Waals surface area contributed by atoms with Crippen molar-refractivity contribution in [2.24, 2.45) is 0 Å². The molecule has 1 aromatic carbocycles. The second-order valence-electron chi connectivity index (χ2n) is 4.20. The molecular weight excluding hydrogens is 343 g/mol. The Morgan fingerprint density at radius 2 is 1.80 bits per heavy atom. The van der Waals surface area contributed by atoms with Crippen LogP contribution in [-0.4, -0.2) is 19.7 Å². The summed E-state index contributed by atoms with van der Waals surface area (Å²) in [5.41, 5.74) is 0.987. The van der Waals surface area contributed by atoms with E-state index in [1.807, 2.05) is 6.07 Å². The molecule has 0 aliphatic heterocycles. The Kier molecular flexibility index (Phi) is 4.52. The highest BCUT2D eigenvalue weighted by atomic mass is 35.5. The highest BCUT2D eigenvalue weighted by molar-refractivity contribution is 7.90. The maximum Gasteiger partial charge on any atom is 0.291 e. The molecule has 108 valence electrons. The van der Waals surface area contributed by atoms with Crippen LogP contribution in [0.3, 0.4) is 0 Å². The van der Waals surface area contributed by atoms with Crippen LogP contribution in [0, 0.1) is 0 Å². The van der Waals surface area contributed by atoms with Crippen molar-refractivity contribution in [2.75, 3.05) is 7.11 Å². The van der Waals surface area contributed by atoms with Crippen molar-refractivity contribution in [3.8, 4) is 0 Å². The topological polar surface area (TPSA) is 43.4 Å². The molecule has 0 spiro atoms. The van der Waals surface area contributed by atoms with E-state index < -0.39 is 14.3 Å². The molecule has 2 rings (SSSR count). The summed E-state index contributed by atoms with van der Waals surface area (Å²) in [6.45, 7) is 0. The van der Waals surface area contributed by atoms with Gasteiger partial charge in [0, 0.05) is 11.5 Å². The Bertz CT molecular complexity index is 680. The van der Waals surface area contributed by atoms with Crippen molar-refractivity contribution >= 4 is 50.5 Å². The van der Waals surface area contributed by atoms with E-state index in [2.05, 4.69) is 4.18 Å². The fourth-order valence-corrected chi connectivity index (χ4v) is 4.06. The minimum Gasteiger partial charge on any atom is -0.272 e. The van der Waals surface area contributed by atoms with Crippen LogP contribution in [0.5, 0.6) is 0 Å². The molecule has 20 heavy (non-hydrogen) atoms. The zero-order valence-electron chi connectivity index (χ0n) is 10.4. The van der Waals surface area contributed by atoms with Crippen LogP contribution in [0.2, 0.25) is 0 Å². The summed E-state index contributed by atoms with van der Waals surface area (Å²) in [5.74, 6) is 0. The minimum atomic E-state index is -4.05. The molecule has 0 amide bonds. The average Bonchev–Trinajstić information content (AvgIpc) is 2.43. The molecular formula is C13H11Cl3O3S. The zero-order chi connectivity index (χ0) is 15.0. The second-order valence-corrected chi connectivity index (χ2v) is 7.87. The van der Waals surface area contributed by atoms with Gasteiger partial charge in [-0.2, -0.15) is 8.42 Å². The van der Waals surface area contributed by atoms with Crippen molar-refractivity contribution < 1.29 is 12.6 Å². The second kappa shape index (κ2) is 5.70. The first-order valence-electron chi connectivity index (χ1n) is 5.62. The van der Waals surface area contributed by atoms with Crippen molar-refractivity contribution in [1.82, 2.24) is 0 Å². The fourth-order valence-electron chi connectivity index (χ4n) is 1.96. The lowest BCUT2D eigenvalue weighted by atomic mass is 9.96. The quantitative estimate of drug-likeness (QED) is 0.607. The van der Waals surface area contributed by atoms with Gasteiger partial charge in [0.05, 0.1) is 12.1 Å². The SMILES string of the molecule is COS(=O)(=O)C1(Cl)CC(Cl)=C(Cl)C=C1c1ccccc1. The van der Waals surface area contributed by atoms with Crippen LogP contribution in [0.25, 0.3) is 5.57 Å². The number of hydrogen-bond acceptors (Lipinski definition) is 3. The van der Waals surface area contributed by atoms with Gasteiger partial charge in [0.2, 0.25) is 4.21 Å². The van der Waals surface area contributed by atoms with E-state index in [1.165, 1.54) is 6.08 Å². The minimum absolute atomic E-state index is 0.147. The van der Waals surface area contributed by atoms with E-state index in [-0.39, 0.29) is 16.5 Å². The van der Waals surface area contributed by atoms with E-state index >= 15 is 0 Å². The van der Waals surface area contributed by atoms with Crippen molar-refractivity contribution in [3.05, 3.63) is 52.0 Å². The molecule has 0 aromatic heterocycles. The molecule has 7 heteroatoms. The summed E-state index contributed by atoms with van der Waals surface area (Å²) in [7, 11) is -2.99. The predicted octanol–water partition coefficient (Wildman–Crippen LogP) is 4.07. The van der Waals surface area contributed by atoms with Crippen molar-refractivity contribution in [3.63, 3.8) is 0 Å². The third-order valence-corrected chi connectivity index (χ3v) is 6.29. The van der Waals surface area contributed by atoms with Gasteiger partial charge in [-0.15, -0.1) is 0 Å². The highest BCUT2D eigenvalue weighted by Crippen LogP contribution is 2.48. The molecule has 0 N–H and O–H groups in total. The van der Waals surface area contributed by atoms with Gasteiger partial charge in [-0.05, 0) is 17.2 Å². The Balaban J connectivity index is 2.68. The summed E-state index contributed by atoms with van der Waals surface area (Å²) in [5, 5.41) is 0.454. The smallest absolute Gasteiger partial charge is 0.272 e. The first kappa shape index (κ1) is 15.9. The molecule has 0 fully saturated rings. The lowest BCUT2D eigenvalue weighted by molar-refractivity contribution is 0.388. The van der Waals surface area contributed by atoms with Gasteiger partial charge in [-0.1, -0.05) is 65.1 Å². The largest absolute Gasteiger partial charge is 0.291 e. The number of halogens is 3. The maximum atomic E-state index is 12.2. The van der Waals surface area contributed by atoms with E-state index in [4.69, 9.17) is 34.8 Å². The molecule has 3 nitrogen and oxygen atoms in total. The van der Waals surface area contributed by atoms with Gasteiger partial charge in [0.25, 0.3) is 10.1 Å². The van der Waals surface area contributed by atoms with Gasteiger partial charge in [0.15, 0.2) is 0 Å². The Morgan fingerprint density at radius 1 is 1.20 bits per heavy atom. The predicted molar refractivity (Wildman–Crippen MR) is 82.3 cm³/mol. The number of hydrogen-bond donors (Lipinski definition) is 0. The number of alkyl halides is 1. The van der Waals surface area contributed by atoms with E-state index in [0.717, 1.165) is 7.11 Å². The first-order valence-corrected chi connectivity index (χ1v) is 8.17. The van der Waals surface area contributed by atoms with Crippen LogP contribution < -0.4 is 0 Å². The summed E-state index contributed by atoms with van der Waals surface area (Å²) < 4.78 is 27.2. The normalized spacial score (nSPS) is 23.7. The molecule has 1 aliphatic carbocycles. The van der Waals surface area contributed by atoms with Crippen molar-refractivity contribution in [2.45, 2.75) is 10.6 Å². The maximum absolute atomic E-state index is 12.2. The van der Waals surface area contributed by atoms with Gasteiger partial charge in [-0.3, -0.25) is 4.18 Å². The van der Waals surface area contributed by atoms with Crippen LogP contribution in [-0.2, 0) is 14.3 Å². The van der Waals surface area contributed by atoms with E-state index in [0.29, 0.717) is 11.1 Å². The molecule has 0 bridgehead atoms. The lowest BCUT2D eigenvalue weighted by Gasteiger charge is -2.31. The van der Waals surface area contributed by atoms with Gasteiger partial charge >= 0.3 is 0 Å². The fraction of sp³-hybridized carbons (Fsp3) is 0.231. The van der Waals surface area contributed by atoms with Crippen LogP contribution in [0.1, 0.15) is 12.0 Å². The Hall–Kier alpha value is -0.520. The molecule has 1 aromatic rings. The third kappa shape index (κ3) is 2.63. The molecule has 1 unspecified atom stereocenters. The number of rotatable bonds is 3. The summed E-state index contributed by atoms with van der Waals surface area (Å²) in [6.07, 6.45) is 1.32. The molecule has 0 saturated heterocycles. The van der Waals surface area contributed by atoms with Gasteiger partial charge < -0.3 is 0 Å². The molecule has 1 aliphatic rings. The monoisotopic (exact) mass is 352 g/mol. The molecule has 0 heterocycles. The van der Waals surface area contributed by atoms with Gasteiger partial charge in [-0.25, -0.2) is 0 Å². The van der Waals surface area contributed by atoms with E-state index in [9.17, 15) is 8.42 Å². The zero-order valence-corrected chi connectivity index (χ0v) is 13.5. The molecule has 1 atom stereocenters. The first-order chi connectivity index (χ1) is 9.32. The molecule has 0 radical (unpaired) electrons. The lowest BCUT2D eigenvalue weighted by Crippen LogP contribution is -2.36. The summed E-state index contributed by atoms with van der Waals surface area (Å²) in [4.78, 5) is 0. The standard InChI is InChI=1S/C13H11Cl3O3S/c1-19-20(17,18)13(16)8-12(15)11(14)7-10(13)9-5-3-2-4-6-9/h2-7H,8H2,1H3. The van der Waals surface area contributed by atoms with Gasteiger partial charge in [0.1, 0.15) is 0 Å².